The van der Waals surface area contributed by atoms with E-state index in [9.17, 15) is 22.8 Å². The van der Waals surface area contributed by atoms with Crippen molar-refractivity contribution in [3.8, 4) is 11.3 Å². The van der Waals surface area contributed by atoms with Crippen molar-refractivity contribution in [1.29, 1.82) is 0 Å². The number of nitrogens with zero attached hydrogens (tertiary/aromatic N) is 3. The highest BCUT2D eigenvalue weighted by atomic mass is 32.2. The fraction of sp³-hybridized carbons (Fsp3) is 0.308. The van der Waals surface area contributed by atoms with E-state index in [1.807, 2.05) is 0 Å². The molecule has 0 atom stereocenters. The zero-order valence-corrected chi connectivity index (χ0v) is 20.9. The highest BCUT2D eigenvalue weighted by Gasteiger charge is 2.34. The van der Waals surface area contributed by atoms with Gasteiger partial charge in [-0.15, -0.1) is 0 Å². The lowest BCUT2D eigenvalue weighted by Crippen LogP contribution is -2.38. The summed E-state index contributed by atoms with van der Waals surface area (Å²) < 4.78 is 45.7. The SMILES string of the molecule is O=C1NC(=O)/C(=C/c2ccnc(N3CCC(CNCc4ccc(-c5ccccc5C(F)(F)F)o4)CC3)n2)S1. The maximum absolute atomic E-state index is 13.3. The Bertz CT molecular complexity index is 1370. The number of anilines is 1. The summed E-state index contributed by atoms with van der Waals surface area (Å²) in [5.74, 6) is 1.33. The minimum absolute atomic E-state index is 0.0276. The largest absolute Gasteiger partial charge is 0.460 e. The third-order valence-electron chi connectivity index (χ3n) is 6.37. The van der Waals surface area contributed by atoms with Crippen LogP contribution in [0.2, 0.25) is 0 Å². The van der Waals surface area contributed by atoms with Crippen LogP contribution in [0.4, 0.5) is 23.9 Å². The summed E-state index contributed by atoms with van der Waals surface area (Å²) in [6, 6.07) is 10.3. The molecule has 12 heteroatoms. The van der Waals surface area contributed by atoms with Crippen molar-refractivity contribution in [2.24, 2.45) is 5.92 Å². The summed E-state index contributed by atoms with van der Waals surface area (Å²) in [6.45, 7) is 2.69. The Morgan fingerprint density at radius 2 is 1.92 bits per heavy atom. The number of thioether (sulfide) groups is 1. The Hall–Kier alpha value is -3.64. The van der Waals surface area contributed by atoms with Crippen molar-refractivity contribution in [2.45, 2.75) is 25.6 Å². The summed E-state index contributed by atoms with van der Waals surface area (Å²) in [6.07, 6.45) is 0.584. The number of halogens is 3. The van der Waals surface area contributed by atoms with Crippen molar-refractivity contribution in [2.75, 3.05) is 24.5 Å². The standard InChI is InChI=1S/C26H24F3N5O3S/c27-26(28,29)20-4-2-1-3-19(20)21-6-5-18(37-21)15-30-14-16-8-11-34(12-9-16)24-31-10-7-17(32-24)13-22-23(35)33-25(36)38-22/h1-7,10,13,16,30H,8-9,11-12,14-15H2,(H,33,35,36)/b22-13-. The van der Waals surface area contributed by atoms with E-state index in [4.69, 9.17) is 4.42 Å². The van der Waals surface area contributed by atoms with E-state index in [0.29, 0.717) is 34.8 Å². The summed E-state index contributed by atoms with van der Waals surface area (Å²) in [7, 11) is 0. The molecule has 2 aliphatic heterocycles. The lowest BCUT2D eigenvalue weighted by Gasteiger charge is -2.32. The number of nitrogens with one attached hydrogen (secondary N) is 2. The molecule has 0 radical (unpaired) electrons. The molecule has 1 aromatic carbocycles. The van der Waals surface area contributed by atoms with Gasteiger partial charge in [0, 0.05) is 24.8 Å². The summed E-state index contributed by atoms with van der Waals surface area (Å²) in [4.78, 5) is 34.4. The van der Waals surface area contributed by atoms with Crippen LogP contribution < -0.4 is 15.5 Å². The van der Waals surface area contributed by atoms with Crippen LogP contribution in [0, 0.1) is 5.92 Å². The first-order chi connectivity index (χ1) is 18.3. The first-order valence-corrected chi connectivity index (χ1v) is 12.9. The van der Waals surface area contributed by atoms with Crippen LogP contribution in [-0.2, 0) is 17.5 Å². The Kier molecular flexibility index (Phi) is 7.52. The number of aromatic nitrogens is 2. The average molecular weight is 544 g/mol. The predicted molar refractivity (Wildman–Crippen MR) is 137 cm³/mol. The van der Waals surface area contributed by atoms with Gasteiger partial charge in [-0.25, -0.2) is 9.97 Å². The fourth-order valence-electron chi connectivity index (χ4n) is 4.45. The van der Waals surface area contributed by atoms with Crippen LogP contribution >= 0.6 is 11.8 Å². The molecule has 5 rings (SSSR count). The van der Waals surface area contributed by atoms with Crippen molar-refractivity contribution in [1.82, 2.24) is 20.6 Å². The van der Waals surface area contributed by atoms with E-state index in [2.05, 4.69) is 25.5 Å². The van der Waals surface area contributed by atoms with Gasteiger partial charge in [0.15, 0.2) is 0 Å². The van der Waals surface area contributed by atoms with Gasteiger partial charge in [0.05, 0.1) is 22.7 Å². The zero-order chi connectivity index (χ0) is 26.7. The zero-order valence-electron chi connectivity index (χ0n) is 20.1. The number of benzene rings is 1. The fourth-order valence-corrected chi connectivity index (χ4v) is 5.12. The third-order valence-corrected chi connectivity index (χ3v) is 7.19. The second kappa shape index (κ2) is 11.0. The third kappa shape index (κ3) is 6.08. The lowest BCUT2D eigenvalue weighted by atomic mass is 9.97. The molecular formula is C26H24F3N5O3S. The number of hydrogen-bond donors (Lipinski definition) is 2. The minimum atomic E-state index is -4.45. The minimum Gasteiger partial charge on any atom is -0.460 e. The molecule has 0 aliphatic carbocycles. The molecule has 0 spiro atoms. The molecule has 2 amide bonds. The smallest absolute Gasteiger partial charge is 0.417 e. The summed E-state index contributed by atoms with van der Waals surface area (Å²) in [5, 5.41) is 5.18. The molecular weight excluding hydrogens is 519 g/mol. The number of rotatable bonds is 7. The van der Waals surface area contributed by atoms with Crippen molar-refractivity contribution in [3.63, 3.8) is 0 Å². The molecule has 2 aromatic heterocycles. The molecule has 0 saturated carbocycles. The van der Waals surface area contributed by atoms with Crippen molar-refractivity contribution in [3.05, 3.63) is 70.6 Å². The number of alkyl halides is 3. The first kappa shape index (κ1) is 26.0. The number of piperidine rings is 1. The van der Waals surface area contributed by atoms with Gasteiger partial charge < -0.3 is 14.6 Å². The van der Waals surface area contributed by atoms with E-state index in [1.54, 1.807) is 36.5 Å². The lowest BCUT2D eigenvalue weighted by molar-refractivity contribution is -0.137. The monoisotopic (exact) mass is 543 g/mol. The average Bonchev–Trinajstić information content (AvgIpc) is 3.49. The number of carbonyl (C=O) groups excluding carboxylic acids is 2. The van der Waals surface area contributed by atoms with E-state index in [0.717, 1.165) is 50.3 Å². The Balaban J connectivity index is 1.11. The number of imide groups is 1. The van der Waals surface area contributed by atoms with Crippen LogP contribution in [0.1, 0.15) is 29.9 Å². The van der Waals surface area contributed by atoms with Crippen molar-refractivity contribution >= 4 is 34.9 Å². The van der Waals surface area contributed by atoms with Crippen molar-refractivity contribution < 1.29 is 27.2 Å². The second-order valence-corrected chi connectivity index (χ2v) is 10.0. The van der Waals surface area contributed by atoms with Crippen LogP contribution in [0.25, 0.3) is 17.4 Å². The van der Waals surface area contributed by atoms with Gasteiger partial charge in [0.2, 0.25) is 5.95 Å². The van der Waals surface area contributed by atoms with Crippen LogP contribution in [-0.4, -0.2) is 40.7 Å². The van der Waals surface area contributed by atoms with Gasteiger partial charge in [0.1, 0.15) is 11.5 Å². The predicted octanol–water partition coefficient (Wildman–Crippen LogP) is 5.09. The normalized spacial score (nSPS) is 17.9. The van der Waals surface area contributed by atoms with Crippen LogP contribution in [0.5, 0.6) is 0 Å². The maximum Gasteiger partial charge on any atom is 0.417 e. The Labute approximate surface area is 220 Å². The number of amides is 2. The first-order valence-electron chi connectivity index (χ1n) is 12.0. The van der Waals surface area contributed by atoms with Gasteiger partial charge in [-0.05, 0) is 67.4 Å². The molecule has 2 aliphatic rings. The molecule has 2 N–H and O–H groups in total. The van der Waals surface area contributed by atoms with Gasteiger partial charge in [-0.1, -0.05) is 18.2 Å². The highest BCUT2D eigenvalue weighted by molar-refractivity contribution is 8.18. The van der Waals surface area contributed by atoms with Crippen LogP contribution in [0.3, 0.4) is 0 Å². The maximum atomic E-state index is 13.3. The molecule has 4 heterocycles. The van der Waals surface area contributed by atoms with E-state index in [-0.39, 0.29) is 11.3 Å². The van der Waals surface area contributed by atoms with Gasteiger partial charge in [-0.3, -0.25) is 14.9 Å². The molecule has 0 unspecified atom stereocenters. The molecule has 2 saturated heterocycles. The topological polar surface area (TPSA) is 100 Å². The molecule has 3 aromatic rings. The number of carbonyl (C=O) groups is 2. The van der Waals surface area contributed by atoms with Gasteiger partial charge in [-0.2, -0.15) is 13.2 Å². The number of hydrogen-bond acceptors (Lipinski definition) is 8. The molecule has 0 bridgehead atoms. The van der Waals surface area contributed by atoms with E-state index < -0.39 is 22.9 Å². The van der Waals surface area contributed by atoms with Gasteiger partial charge >= 0.3 is 6.18 Å². The van der Waals surface area contributed by atoms with E-state index in [1.165, 1.54) is 12.1 Å². The Morgan fingerprint density at radius 1 is 1.13 bits per heavy atom. The molecule has 198 valence electrons. The molecule has 8 nitrogen and oxygen atoms in total. The van der Waals surface area contributed by atoms with Crippen LogP contribution in [0.15, 0.2) is 58.0 Å². The number of furan rings is 1. The van der Waals surface area contributed by atoms with E-state index >= 15 is 0 Å². The molecule has 38 heavy (non-hydrogen) atoms. The molecule has 2 fully saturated rings. The van der Waals surface area contributed by atoms with Gasteiger partial charge in [0.25, 0.3) is 11.1 Å². The summed E-state index contributed by atoms with van der Waals surface area (Å²) in [5.41, 5.74) is -0.133. The second-order valence-electron chi connectivity index (χ2n) is 9.00. The summed E-state index contributed by atoms with van der Waals surface area (Å²) >= 11 is 0.847. The highest BCUT2D eigenvalue weighted by Crippen LogP contribution is 2.37. The quantitative estimate of drug-likeness (QED) is 0.398. The Morgan fingerprint density at radius 3 is 2.66 bits per heavy atom.